The molecule has 0 aromatic rings. The minimum atomic E-state index is -1.24. The highest BCUT2D eigenvalue weighted by atomic mass is 16.9. The molecule has 0 N–H and O–H groups in total. The van der Waals surface area contributed by atoms with Gasteiger partial charge in [-0.2, -0.15) is 0 Å². The fourth-order valence-electron chi connectivity index (χ4n) is 0.987. The summed E-state index contributed by atoms with van der Waals surface area (Å²) >= 11 is 0. The van der Waals surface area contributed by atoms with Gasteiger partial charge in [-0.05, 0) is 39.2 Å². The van der Waals surface area contributed by atoms with Crippen LogP contribution in [0.1, 0.15) is 27.7 Å². The lowest BCUT2D eigenvalue weighted by Crippen LogP contribution is -2.38. The standard InChI is InChI=1S/C12H20O3/c1-6-13-12(14-7-2,15-8-3)10-9-11(4)5/h4,6-8H2,1-3,5H3. The summed E-state index contributed by atoms with van der Waals surface area (Å²) in [5.74, 6) is 4.40. The van der Waals surface area contributed by atoms with Gasteiger partial charge in [-0.15, -0.1) is 0 Å². The molecule has 0 fully saturated rings. The summed E-state index contributed by atoms with van der Waals surface area (Å²) in [7, 11) is 0. The summed E-state index contributed by atoms with van der Waals surface area (Å²) in [5, 5.41) is 0. The molecule has 0 spiro atoms. The normalized spacial score (nSPS) is 10.7. The molecule has 0 heterocycles. The van der Waals surface area contributed by atoms with Crippen LogP contribution in [0.15, 0.2) is 12.2 Å². The molecule has 0 aliphatic rings. The number of hydrogen-bond acceptors (Lipinski definition) is 3. The maximum Gasteiger partial charge on any atom is 0.353 e. The average molecular weight is 212 g/mol. The highest BCUT2D eigenvalue weighted by molar-refractivity contribution is 5.25. The van der Waals surface area contributed by atoms with Crippen molar-refractivity contribution in [1.29, 1.82) is 0 Å². The van der Waals surface area contributed by atoms with Crippen molar-refractivity contribution in [3.05, 3.63) is 12.2 Å². The maximum absolute atomic E-state index is 5.40. The summed E-state index contributed by atoms with van der Waals surface area (Å²) < 4.78 is 16.2. The van der Waals surface area contributed by atoms with Crippen LogP contribution in [-0.2, 0) is 14.2 Å². The van der Waals surface area contributed by atoms with Gasteiger partial charge in [-0.25, -0.2) is 0 Å². The van der Waals surface area contributed by atoms with Gasteiger partial charge in [0.05, 0.1) is 19.8 Å². The molecule has 3 heteroatoms. The number of rotatable bonds is 6. The Morgan fingerprint density at radius 1 is 1.07 bits per heavy atom. The predicted octanol–water partition coefficient (Wildman–Crippen LogP) is 2.33. The Labute approximate surface area is 92.4 Å². The first-order valence-corrected chi connectivity index (χ1v) is 5.20. The molecule has 0 rings (SSSR count). The first kappa shape index (κ1) is 14.2. The van der Waals surface area contributed by atoms with Crippen LogP contribution < -0.4 is 0 Å². The third kappa shape index (κ3) is 5.58. The van der Waals surface area contributed by atoms with E-state index in [2.05, 4.69) is 18.4 Å². The van der Waals surface area contributed by atoms with Gasteiger partial charge in [0, 0.05) is 0 Å². The maximum atomic E-state index is 5.40. The van der Waals surface area contributed by atoms with Gasteiger partial charge in [-0.3, -0.25) is 0 Å². The molecule has 0 atom stereocenters. The van der Waals surface area contributed by atoms with E-state index in [-0.39, 0.29) is 0 Å². The lowest BCUT2D eigenvalue weighted by molar-refractivity contribution is -0.339. The molecule has 0 amide bonds. The lowest BCUT2D eigenvalue weighted by atomic mass is 10.3. The van der Waals surface area contributed by atoms with Crippen molar-refractivity contribution in [2.75, 3.05) is 19.8 Å². The molecule has 86 valence electrons. The molecular formula is C12H20O3. The Morgan fingerprint density at radius 3 is 1.73 bits per heavy atom. The Kier molecular flexibility index (Phi) is 7.06. The van der Waals surface area contributed by atoms with Gasteiger partial charge in [0.25, 0.3) is 0 Å². The first-order chi connectivity index (χ1) is 7.10. The van der Waals surface area contributed by atoms with Crippen molar-refractivity contribution < 1.29 is 14.2 Å². The van der Waals surface area contributed by atoms with Crippen LogP contribution in [-0.4, -0.2) is 25.8 Å². The fourth-order valence-corrected chi connectivity index (χ4v) is 0.987. The third-order valence-electron chi connectivity index (χ3n) is 1.43. The van der Waals surface area contributed by atoms with E-state index in [0.717, 1.165) is 5.57 Å². The monoisotopic (exact) mass is 212 g/mol. The van der Waals surface area contributed by atoms with E-state index in [1.165, 1.54) is 0 Å². The zero-order valence-electron chi connectivity index (χ0n) is 10.1. The summed E-state index contributed by atoms with van der Waals surface area (Å²) in [6.45, 7) is 12.6. The summed E-state index contributed by atoms with van der Waals surface area (Å²) in [6, 6.07) is 0. The number of hydrogen-bond donors (Lipinski definition) is 0. The van der Waals surface area contributed by atoms with Gasteiger partial charge >= 0.3 is 5.97 Å². The van der Waals surface area contributed by atoms with Gasteiger partial charge in [-0.1, -0.05) is 12.5 Å². The minimum Gasteiger partial charge on any atom is -0.317 e. The van der Waals surface area contributed by atoms with Gasteiger partial charge in [0.2, 0.25) is 0 Å². The van der Waals surface area contributed by atoms with E-state index in [9.17, 15) is 0 Å². The quantitative estimate of drug-likeness (QED) is 0.499. The van der Waals surface area contributed by atoms with Crippen LogP contribution in [0.4, 0.5) is 0 Å². The average Bonchev–Trinajstić information content (AvgIpc) is 2.16. The zero-order chi connectivity index (χ0) is 11.7. The van der Waals surface area contributed by atoms with Crippen molar-refractivity contribution in [2.45, 2.75) is 33.7 Å². The molecular weight excluding hydrogens is 192 g/mol. The van der Waals surface area contributed by atoms with Crippen LogP contribution in [0.2, 0.25) is 0 Å². The molecule has 0 bridgehead atoms. The SMILES string of the molecule is C=C(C)C#CC(OCC)(OCC)OCC. The Hall–Kier alpha value is -0.820. The van der Waals surface area contributed by atoms with E-state index < -0.39 is 5.97 Å². The van der Waals surface area contributed by atoms with Gasteiger partial charge in [0.1, 0.15) is 0 Å². The lowest BCUT2D eigenvalue weighted by Gasteiger charge is -2.26. The summed E-state index contributed by atoms with van der Waals surface area (Å²) in [5.41, 5.74) is 0.749. The van der Waals surface area contributed by atoms with Crippen LogP contribution in [0.25, 0.3) is 0 Å². The molecule has 0 aliphatic carbocycles. The molecule has 3 nitrogen and oxygen atoms in total. The fraction of sp³-hybridized carbons (Fsp3) is 0.667. The zero-order valence-corrected chi connectivity index (χ0v) is 10.1. The summed E-state index contributed by atoms with van der Waals surface area (Å²) in [6.07, 6.45) is 0. The Bertz CT molecular complexity index is 230. The molecule has 15 heavy (non-hydrogen) atoms. The largest absolute Gasteiger partial charge is 0.353 e. The predicted molar refractivity (Wildman–Crippen MR) is 60.2 cm³/mol. The van der Waals surface area contributed by atoms with Crippen molar-refractivity contribution in [3.63, 3.8) is 0 Å². The van der Waals surface area contributed by atoms with Crippen molar-refractivity contribution in [2.24, 2.45) is 0 Å². The van der Waals surface area contributed by atoms with Crippen molar-refractivity contribution in [1.82, 2.24) is 0 Å². The molecule has 0 saturated carbocycles. The van der Waals surface area contributed by atoms with E-state index in [1.54, 1.807) is 0 Å². The summed E-state index contributed by atoms with van der Waals surface area (Å²) in [4.78, 5) is 0. The topological polar surface area (TPSA) is 27.7 Å². The van der Waals surface area contributed by atoms with Gasteiger partial charge < -0.3 is 14.2 Å². The van der Waals surface area contributed by atoms with Crippen molar-refractivity contribution >= 4 is 0 Å². The second-order valence-corrected chi connectivity index (χ2v) is 2.89. The van der Waals surface area contributed by atoms with Crippen LogP contribution in [0.3, 0.4) is 0 Å². The van der Waals surface area contributed by atoms with Gasteiger partial charge in [0.15, 0.2) is 0 Å². The van der Waals surface area contributed by atoms with Crippen molar-refractivity contribution in [3.8, 4) is 11.8 Å². The second-order valence-electron chi connectivity index (χ2n) is 2.89. The minimum absolute atomic E-state index is 0.477. The molecule has 0 saturated heterocycles. The third-order valence-corrected chi connectivity index (χ3v) is 1.43. The van der Waals surface area contributed by atoms with E-state index in [0.29, 0.717) is 19.8 Å². The van der Waals surface area contributed by atoms with E-state index in [1.807, 2.05) is 27.7 Å². The van der Waals surface area contributed by atoms with Crippen LogP contribution >= 0.6 is 0 Å². The van der Waals surface area contributed by atoms with E-state index in [4.69, 9.17) is 14.2 Å². The Balaban J connectivity index is 4.77. The smallest absolute Gasteiger partial charge is 0.317 e. The molecule has 0 aromatic heterocycles. The molecule has 0 unspecified atom stereocenters. The Morgan fingerprint density at radius 2 is 1.47 bits per heavy atom. The molecule has 0 aromatic carbocycles. The number of allylic oxidation sites excluding steroid dienone is 1. The second kappa shape index (κ2) is 7.47. The first-order valence-electron chi connectivity index (χ1n) is 5.20. The van der Waals surface area contributed by atoms with Crippen LogP contribution in [0, 0.1) is 11.8 Å². The molecule has 0 radical (unpaired) electrons. The van der Waals surface area contributed by atoms with Crippen LogP contribution in [0.5, 0.6) is 0 Å². The molecule has 0 aliphatic heterocycles. The number of ether oxygens (including phenoxy) is 3. The van der Waals surface area contributed by atoms with E-state index >= 15 is 0 Å². The highest BCUT2D eigenvalue weighted by Crippen LogP contribution is 2.14. The highest BCUT2D eigenvalue weighted by Gasteiger charge is 2.30.